The zero-order chi connectivity index (χ0) is 9.56. The van der Waals surface area contributed by atoms with E-state index in [9.17, 15) is 4.79 Å². The van der Waals surface area contributed by atoms with Crippen LogP contribution in [0.25, 0.3) is 0 Å². The lowest BCUT2D eigenvalue weighted by molar-refractivity contribution is -0.175. The summed E-state index contributed by atoms with van der Waals surface area (Å²) in [6.45, 7) is 7.23. The fourth-order valence-corrected chi connectivity index (χ4v) is 0.750. The van der Waals surface area contributed by atoms with Gasteiger partial charge < -0.3 is 9.47 Å². The van der Waals surface area contributed by atoms with Gasteiger partial charge in [-0.15, -0.1) is 0 Å². The van der Waals surface area contributed by atoms with Gasteiger partial charge in [-0.1, -0.05) is 6.08 Å². The zero-order valence-electron chi connectivity index (χ0n) is 8.03. The van der Waals surface area contributed by atoms with E-state index in [0.29, 0.717) is 0 Å². The van der Waals surface area contributed by atoms with Crippen LogP contribution in [-0.4, -0.2) is 18.4 Å². The third kappa shape index (κ3) is 5.92. The normalized spacial score (nSPS) is 13.8. The Morgan fingerprint density at radius 2 is 1.92 bits per heavy atom. The summed E-state index contributed by atoms with van der Waals surface area (Å²) in [6.07, 6.45) is 2.58. The highest BCUT2D eigenvalue weighted by molar-refractivity contribution is 5.81. The third-order valence-electron chi connectivity index (χ3n) is 1.05. The Labute approximate surface area is 73.4 Å². The Balaban J connectivity index is 3.68. The van der Waals surface area contributed by atoms with Crippen molar-refractivity contribution in [2.24, 2.45) is 0 Å². The molecule has 1 unspecified atom stereocenters. The van der Waals surface area contributed by atoms with Crippen molar-refractivity contribution in [1.82, 2.24) is 0 Å². The van der Waals surface area contributed by atoms with Crippen LogP contribution in [0, 0.1) is 0 Å². The fraction of sp³-hybridized carbons (Fsp3) is 0.667. The van der Waals surface area contributed by atoms with Crippen LogP contribution >= 0.6 is 0 Å². The maximum Gasteiger partial charge on any atom is 0.332 e. The molecule has 1 atom stereocenters. The van der Waals surface area contributed by atoms with Crippen molar-refractivity contribution in [2.45, 2.75) is 40.1 Å². The van der Waals surface area contributed by atoms with Gasteiger partial charge in [-0.2, -0.15) is 0 Å². The summed E-state index contributed by atoms with van der Waals surface area (Å²) < 4.78 is 10.0. The van der Waals surface area contributed by atoms with Crippen molar-refractivity contribution < 1.29 is 14.3 Å². The van der Waals surface area contributed by atoms with E-state index in [1.807, 2.05) is 13.8 Å². The Morgan fingerprint density at radius 3 is 2.33 bits per heavy atom. The molecular weight excluding hydrogens is 156 g/mol. The molecule has 0 saturated carbocycles. The maximum absolute atomic E-state index is 10.8. The highest BCUT2D eigenvalue weighted by Gasteiger charge is 2.07. The molecule has 0 saturated heterocycles. The summed E-state index contributed by atoms with van der Waals surface area (Å²) >= 11 is 0. The van der Waals surface area contributed by atoms with Gasteiger partial charge in [0.2, 0.25) is 6.29 Å². The van der Waals surface area contributed by atoms with E-state index in [-0.39, 0.29) is 12.1 Å². The summed E-state index contributed by atoms with van der Waals surface area (Å²) in [5, 5.41) is 0. The molecule has 0 aliphatic heterocycles. The van der Waals surface area contributed by atoms with Gasteiger partial charge in [-0.25, -0.2) is 4.79 Å². The molecule has 0 amide bonds. The number of allylic oxidation sites excluding steroid dienone is 1. The average molecular weight is 172 g/mol. The van der Waals surface area contributed by atoms with E-state index < -0.39 is 6.29 Å². The molecule has 0 aliphatic carbocycles. The molecule has 0 radical (unpaired) electrons. The predicted molar refractivity (Wildman–Crippen MR) is 46.6 cm³/mol. The van der Waals surface area contributed by atoms with E-state index in [1.54, 1.807) is 19.9 Å². The molecule has 0 fully saturated rings. The van der Waals surface area contributed by atoms with Gasteiger partial charge >= 0.3 is 5.97 Å². The number of rotatable bonds is 4. The predicted octanol–water partition coefficient (Wildman–Crippen LogP) is 1.88. The Kier molecular flexibility index (Phi) is 5.37. The lowest BCUT2D eigenvalue weighted by Gasteiger charge is -2.15. The van der Waals surface area contributed by atoms with Crippen molar-refractivity contribution in [3.05, 3.63) is 12.2 Å². The number of hydrogen-bond acceptors (Lipinski definition) is 3. The number of carbonyl (C=O) groups excluding carboxylic acids is 1. The molecule has 12 heavy (non-hydrogen) atoms. The van der Waals surface area contributed by atoms with Crippen molar-refractivity contribution in [3.63, 3.8) is 0 Å². The van der Waals surface area contributed by atoms with Crippen LogP contribution < -0.4 is 0 Å². The second-order valence-electron chi connectivity index (χ2n) is 2.69. The van der Waals surface area contributed by atoms with Gasteiger partial charge in [0.25, 0.3) is 0 Å². The van der Waals surface area contributed by atoms with Gasteiger partial charge in [0.05, 0.1) is 6.10 Å². The minimum Gasteiger partial charge on any atom is -0.433 e. The largest absolute Gasteiger partial charge is 0.433 e. The van der Waals surface area contributed by atoms with Crippen molar-refractivity contribution in [1.29, 1.82) is 0 Å². The molecule has 70 valence electrons. The van der Waals surface area contributed by atoms with Gasteiger partial charge in [-0.05, 0) is 27.7 Å². The molecule has 0 heterocycles. The number of carbonyl (C=O) groups is 1. The molecule has 0 aromatic heterocycles. The molecule has 0 aliphatic rings. The van der Waals surface area contributed by atoms with E-state index >= 15 is 0 Å². The maximum atomic E-state index is 10.8. The van der Waals surface area contributed by atoms with Crippen LogP contribution in [0.2, 0.25) is 0 Å². The standard InChI is InChI=1S/C9H16O3/c1-5-6-9(10)12-8(4)11-7(2)3/h5-8H,1-4H3/b6-5+. The van der Waals surface area contributed by atoms with E-state index in [4.69, 9.17) is 9.47 Å². The molecule has 3 nitrogen and oxygen atoms in total. The van der Waals surface area contributed by atoms with Crippen LogP contribution in [-0.2, 0) is 14.3 Å². The second-order valence-corrected chi connectivity index (χ2v) is 2.69. The van der Waals surface area contributed by atoms with Crippen molar-refractivity contribution in [2.75, 3.05) is 0 Å². The van der Waals surface area contributed by atoms with Crippen LogP contribution in [0.3, 0.4) is 0 Å². The van der Waals surface area contributed by atoms with Crippen LogP contribution in [0.5, 0.6) is 0 Å². The van der Waals surface area contributed by atoms with E-state index in [0.717, 1.165) is 0 Å². The molecule has 3 heteroatoms. The smallest absolute Gasteiger partial charge is 0.332 e. The number of esters is 1. The molecule has 0 rings (SSSR count). The number of ether oxygens (including phenoxy) is 2. The first-order valence-electron chi connectivity index (χ1n) is 4.05. The second kappa shape index (κ2) is 5.77. The number of hydrogen-bond donors (Lipinski definition) is 0. The minimum atomic E-state index is -0.478. The molecule has 0 N–H and O–H groups in total. The van der Waals surface area contributed by atoms with Gasteiger partial charge in [0.15, 0.2) is 0 Å². The van der Waals surface area contributed by atoms with Crippen molar-refractivity contribution in [3.8, 4) is 0 Å². The Hall–Kier alpha value is -0.830. The van der Waals surface area contributed by atoms with E-state index in [1.165, 1.54) is 6.08 Å². The average Bonchev–Trinajstić information content (AvgIpc) is 1.84. The molecule has 0 aromatic rings. The minimum absolute atomic E-state index is 0.0680. The SMILES string of the molecule is C/C=C/C(=O)OC(C)OC(C)C. The molecule has 0 aromatic carbocycles. The van der Waals surface area contributed by atoms with E-state index in [2.05, 4.69) is 0 Å². The zero-order valence-corrected chi connectivity index (χ0v) is 8.03. The fourth-order valence-electron chi connectivity index (χ4n) is 0.750. The summed E-state index contributed by atoms with van der Waals surface area (Å²) in [5.41, 5.74) is 0. The lowest BCUT2D eigenvalue weighted by Crippen LogP contribution is -2.20. The van der Waals surface area contributed by atoms with Crippen LogP contribution in [0.1, 0.15) is 27.7 Å². The first-order chi connectivity index (χ1) is 5.56. The molecule has 0 bridgehead atoms. The Bertz CT molecular complexity index is 161. The summed E-state index contributed by atoms with van der Waals surface area (Å²) in [4.78, 5) is 10.8. The highest BCUT2D eigenvalue weighted by atomic mass is 16.7. The monoisotopic (exact) mass is 172 g/mol. The topological polar surface area (TPSA) is 35.5 Å². The van der Waals surface area contributed by atoms with Crippen molar-refractivity contribution >= 4 is 5.97 Å². The van der Waals surface area contributed by atoms with Gasteiger partial charge in [-0.3, -0.25) is 0 Å². The van der Waals surface area contributed by atoms with Gasteiger partial charge in [0.1, 0.15) is 0 Å². The van der Waals surface area contributed by atoms with Crippen LogP contribution in [0.4, 0.5) is 0 Å². The quantitative estimate of drug-likeness (QED) is 0.369. The van der Waals surface area contributed by atoms with Gasteiger partial charge in [0, 0.05) is 6.08 Å². The summed E-state index contributed by atoms with van der Waals surface area (Å²) in [5.74, 6) is -0.370. The lowest BCUT2D eigenvalue weighted by atomic mass is 10.5. The first kappa shape index (κ1) is 11.2. The summed E-state index contributed by atoms with van der Waals surface area (Å²) in [6, 6.07) is 0. The molecular formula is C9H16O3. The molecule has 0 spiro atoms. The highest BCUT2D eigenvalue weighted by Crippen LogP contribution is 1.99. The third-order valence-corrected chi connectivity index (χ3v) is 1.05. The summed E-state index contributed by atoms with van der Waals surface area (Å²) in [7, 11) is 0. The first-order valence-corrected chi connectivity index (χ1v) is 4.05. The van der Waals surface area contributed by atoms with Crippen LogP contribution in [0.15, 0.2) is 12.2 Å². The Morgan fingerprint density at radius 1 is 1.33 bits per heavy atom.